The topological polar surface area (TPSA) is 190 Å². The van der Waals surface area contributed by atoms with Crippen LogP contribution >= 0.6 is 34.9 Å². The molecule has 6 rings (SSSR count). The van der Waals surface area contributed by atoms with E-state index in [1.165, 1.54) is 64.0 Å². The molecule has 4 heterocycles. The summed E-state index contributed by atoms with van der Waals surface area (Å²) in [6.07, 6.45) is 0. The van der Waals surface area contributed by atoms with E-state index in [2.05, 4.69) is 30.8 Å². The van der Waals surface area contributed by atoms with Crippen molar-refractivity contribution in [2.45, 2.75) is 28.7 Å². The van der Waals surface area contributed by atoms with Crippen LogP contribution in [0.15, 0.2) is 64.1 Å². The molecular weight excluding hydrogens is 615 g/mol. The van der Waals surface area contributed by atoms with Gasteiger partial charge in [0.05, 0.1) is 11.0 Å². The van der Waals surface area contributed by atoms with Gasteiger partial charge in [-0.15, -0.1) is 22.0 Å². The lowest BCUT2D eigenvalue weighted by Gasteiger charge is -2.49. The minimum atomic E-state index is -1.24. The number of phenolic OH excluding ortho intramolecular Hbond substituents is 1. The van der Waals surface area contributed by atoms with Crippen molar-refractivity contribution < 1.29 is 29.4 Å². The van der Waals surface area contributed by atoms with Crippen molar-refractivity contribution in [3.63, 3.8) is 0 Å². The van der Waals surface area contributed by atoms with Crippen LogP contribution in [0.3, 0.4) is 0 Å². The summed E-state index contributed by atoms with van der Waals surface area (Å²) in [5, 5.41) is 33.3. The fraction of sp³-hybridized carbons (Fsp3) is 0.222. The van der Waals surface area contributed by atoms with Crippen molar-refractivity contribution in [2.75, 3.05) is 11.5 Å². The smallest absolute Gasteiger partial charge is 0.352 e. The maximum absolute atomic E-state index is 13.6. The van der Waals surface area contributed by atoms with Crippen LogP contribution in [0, 0.1) is 6.92 Å². The second kappa shape index (κ2) is 11.7. The third kappa shape index (κ3) is 5.68. The molecular formula is C27H23N7O6S3. The molecule has 3 amide bonds. The molecule has 4 aromatic rings. The molecule has 5 N–H and O–H groups in total. The Morgan fingerprint density at radius 1 is 1.16 bits per heavy atom. The van der Waals surface area contributed by atoms with Gasteiger partial charge in [0.2, 0.25) is 5.91 Å². The number of H-pyrrole nitrogens is 1. The first-order chi connectivity index (χ1) is 20.7. The van der Waals surface area contributed by atoms with E-state index in [-0.39, 0.29) is 17.3 Å². The van der Waals surface area contributed by atoms with Gasteiger partial charge >= 0.3 is 5.97 Å². The van der Waals surface area contributed by atoms with E-state index in [0.717, 1.165) is 5.01 Å². The van der Waals surface area contributed by atoms with Gasteiger partial charge in [-0.3, -0.25) is 19.3 Å². The number of carboxylic acid groups (broad SMARTS) is 1. The summed E-state index contributed by atoms with van der Waals surface area (Å²) in [5.74, 6) is -2.48. The minimum absolute atomic E-state index is 0.00293. The molecule has 220 valence electrons. The van der Waals surface area contributed by atoms with Gasteiger partial charge < -0.3 is 25.8 Å². The first-order valence-corrected chi connectivity index (χ1v) is 15.7. The summed E-state index contributed by atoms with van der Waals surface area (Å²) < 4.78 is 0.701. The number of imidazole rings is 1. The number of phenols is 1. The fourth-order valence-corrected chi connectivity index (χ4v) is 8.04. The normalized spacial score (nSPS) is 18.6. The van der Waals surface area contributed by atoms with Crippen molar-refractivity contribution >= 4 is 69.6 Å². The quantitative estimate of drug-likeness (QED) is 0.134. The highest BCUT2D eigenvalue weighted by Gasteiger charge is 2.54. The number of hydrogen-bond donors (Lipinski definition) is 5. The molecule has 43 heavy (non-hydrogen) atoms. The van der Waals surface area contributed by atoms with Crippen LogP contribution in [-0.4, -0.2) is 81.9 Å². The Bertz CT molecular complexity index is 1750. The Morgan fingerprint density at radius 3 is 2.63 bits per heavy atom. The van der Waals surface area contributed by atoms with E-state index in [1.54, 1.807) is 24.3 Å². The van der Waals surface area contributed by atoms with E-state index >= 15 is 0 Å². The Labute approximate surface area is 256 Å². The molecule has 0 radical (unpaired) electrons. The number of hydrogen-bond acceptors (Lipinski definition) is 11. The van der Waals surface area contributed by atoms with Crippen molar-refractivity contribution in [2.24, 2.45) is 0 Å². The zero-order valence-electron chi connectivity index (χ0n) is 22.3. The van der Waals surface area contributed by atoms with Crippen LogP contribution in [0.1, 0.15) is 27.2 Å². The molecule has 0 saturated carbocycles. The van der Waals surface area contributed by atoms with Crippen molar-refractivity contribution in [1.82, 2.24) is 35.7 Å². The van der Waals surface area contributed by atoms with Crippen LogP contribution in [0.5, 0.6) is 5.75 Å². The Balaban J connectivity index is 1.19. The summed E-state index contributed by atoms with van der Waals surface area (Å²) in [6, 6.07) is 10.6. The monoisotopic (exact) mass is 637 g/mol. The first kappa shape index (κ1) is 28.7. The minimum Gasteiger partial charge on any atom is -0.508 e. The number of aromatic nitrogens is 4. The second-order valence-electron chi connectivity index (χ2n) is 9.63. The molecule has 1 saturated heterocycles. The Kier molecular flexibility index (Phi) is 7.81. The number of aromatic amines is 1. The molecule has 2 aromatic heterocycles. The maximum Gasteiger partial charge on any atom is 0.352 e. The third-order valence-corrected chi connectivity index (χ3v) is 10.2. The number of rotatable bonds is 9. The number of aromatic hydroxyl groups is 1. The van der Waals surface area contributed by atoms with Gasteiger partial charge in [0.15, 0.2) is 10.2 Å². The van der Waals surface area contributed by atoms with Gasteiger partial charge in [0.1, 0.15) is 33.9 Å². The van der Waals surface area contributed by atoms with Gasteiger partial charge in [0.25, 0.3) is 11.8 Å². The molecule has 2 unspecified atom stereocenters. The highest BCUT2D eigenvalue weighted by atomic mass is 32.2. The zero-order valence-corrected chi connectivity index (χ0v) is 24.8. The van der Waals surface area contributed by atoms with E-state index < -0.39 is 41.1 Å². The van der Waals surface area contributed by atoms with Crippen LogP contribution < -0.4 is 10.6 Å². The highest BCUT2D eigenvalue weighted by Crippen LogP contribution is 2.42. The average molecular weight is 638 g/mol. The van der Waals surface area contributed by atoms with Gasteiger partial charge in [-0.25, -0.2) is 9.78 Å². The number of carbonyl (C=O) groups excluding carboxylic acids is 3. The van der Waals surface area contributed by atoms with Gasteiger partial charge in [-0.1, -0.05) is 47.4 Å². The number of para-hydroxylation sites is 2. The van der Waals surface area contributed by atoms with Crippen molar-refractivity contribution in [1.29, 1.82) is 0 Å². The predicted octanol–water partition coefficient (Wildman–Crippen LogP) is 2.43. The number of carboxylic acids is 1. The summed E-state index contributed by atoms with van der Waals surface area (Å²) in [7, 11) is 0. The van der Waals surface area contributed by atoms with Crippen LogP contribution in [0.2, 0.25) is 0 Å². The molecule has 0 bridgehead atoms. The third-order valence-electron chi connectivity index (χ3n) is 6.79. The number of thioether (sulfide) groups is 2. The molecule has 13 nitrogen and oxygen atoms in total. The fourth-order valence-electron chi connectivity index (χ4n) is 4.74. The standard InChI is InChI=1S/C27H23N7O6S3/c1-12-32-33-27(43-12)42-11-14-10-41-25-19(24(38)34(25)20(14)26(39)40)31-22(36)18(13-6-8-15(35)9-7-13)30-23(37)21-28-16-4-2-3-5-17(16)29-21/h2-9,18-19,25,35H,10-11H2,1H3,(H,28,29)(H,30,37)(H,31,36)(H,39,40)/t18?,19?,25-/m0/s1. The number of nitrogens with zero attached hydrogens (tertiary/aromatic N) is 4. The number of nitrogens with one attached hydrogen (secondary N) is 3. The molecule has 2 aliphatic rings. The van der Waals surface area contributed by atoms with E-state index in [9.17, 15) is 29.4 Å². The zero-order chi connectivity index (χ0) is 30.2. The highest BCUT2D eigenvalue weighted by molar-refractivity contribution is 8.01. The van der Waals surface area contributed by atoms with E-state index in [4.69, 9.17) is 0 Å². The van der Waals surface area contributed by atoms with Crippen molar-refractivity contribution in [3.8, 4) is 5.75 Å². The van der Waals surface area contributed by atoms with Crippen LogP contribution in [0.4, 0.5) is 0 Å². The molecule has 0 spiro atoms. The van der Waals surface area contributed by atoms with Crippen molar-refractivity contribution in [3.05, 3.63) is 76.2 Å². The number of β-lactam (4-membered cyclic amide) rings is 1. The lowest BCUT2D eigenvalue weighted by Crippen LogP contribution is -2.71. The van der Waals surface area contributed by atoms with E-state index in [1.807, 2.05) is 6.92 Å². The molecule has 0 aliphatic carbocycles. The maximum atomic E-state index is 13.6. The number of amides is 3. The summed E-state index contributed by atoms with van der Waals surface area (Å²) in [6.45, 7) is 1.83. The largest absolute Gasteiger partial charge is 0.508 e. The molecule has 2 aromatic carbocycles. The van der Waals surface area contributed by atoms with Crippen LogP contribution in [0.25, 0.3) is 11.0 Å². The Morgan fingerprint density at radius 2 is 1.93 bits per heavy atom. The van der Waals surface area contributed by atoms with Gasteiger partial charge in [-0.05, 0) is 42.3 Å². The number of fused-ring (bicyclic) bond motifs is 2. The molecule has 1 fully saturated rings. The summed E-state index contributed by atoms with van der Waals surface area (Å²) >= 11 is 4.10. The first-order valence-electron chi connectivity index (χ1n) is 12.9. The van der Waals surface area contributed by atoms with E-state index in [0.29, 0.717) is 38.0 Å². The van der Waals surface area contributed by atoms with Gasteiger partial charge in [-0.2, -0.15) is 0 Å². The van der Waals surface area contributed by atoms with Gasteiger partial charge in [0, 0.05) is 11.5 Å². The lowest BCUT2D eigenvalue weighted by molar-refractivity contribution is -0.151. The summed E-state index contributed by atoms with van der Waals surface area (Å²) in [4.78, 5) is 60.6. The number of benzene rings is 2. The number of carbonyl (C=O) groups is 4. The number of aryl methyl sites for hydroxylation is 1. The second-order valence-corrected chi connectivity index (χ2v) is 13.1. The molecule has 16 heteroatoms. The number of aliphatic carboxylic acids is 1. The molecule has 2 aliphatic heterocycles. The Hall–Kier alpha value is -4.41. The lowest BCUT2D eigenvalue weighted by atomic mass is 10.0. The summed E-state index contributed by atoms with van der Waals surface area (Å²) in [5.41, 5.74) is 2.06. The average Bonchev–Trinajstić information content (AvgIpc) is 3.63. The predicted molar refractivity (Wildman–Crippen MR) is 159 cm³/mol. The SMILES string of the molecule is Cc1nnc(SCC2=C(C(=O)O)N3C(=O)C(NC(=O)C(NC(=O)c4nc5ccccc5[nH]4)c4ccc(O)cc4)[C@@H]3SC2)s1. The molecule has 3 atom stereocenters. The van der Waals surface area contributed by atoms with Crippen LogP contribution in [-0.2, 0) is 14.4 Å².